The number of imidazole rings is 1. The summed E-state index contributed by atoms with van der Waals surface area (Å²) in [6.07, 6.45) is 2.21. The maximum atomic E-state index is 12.1. The minimum atomic E-state index is -0.310. The third-order valence-electron chi connectivity index (χ3n) is 3.07. The highest BCUT2D eigenvalue weighted by Gasteiger charge is 2.14. The predicted octanol–water partition coefficient (Wildman–Crippen LogP) is 2.58. The van der Waals surface area contributed by atoms with E-state index in [9.17, 15) is 9.59 Å². The lowest BCUT2D eigenvalue weighted by Gasteiger charge is -2.12. The van der Waals surface area contributed by atoms with E-state index in [0.717, 1.165) is 12.2 Å². The Hall–Kier alpha value is -2.34. The van der Waals surface area contributed by atoms with E-state index < -0.39 is 0 Å². The quantitative estimate of drug-likeness (QED) is 0.908. The number of hydrogen-bond donors (Lipinski definition) is 2. The van der Waals surface area contributed by atoms with Crippen LogP contribution >= 0.6 is 11.6 Å². The van der Waals surface area contributed by atoms with E-state index in [-0.39, 0.29) is 16.8 Å². The van der Waals surface area contributed by atoms with Crippen LogP contribution in [0, 0.1) is 0 Å². The van der Waals surface area contributed by atoms with Crippen LogP contribution in [0.25, 0.3) is 0 Å². The Morgan fingerprint density at radius 3 is 2.64 bits per heavy atom. The van der Waals surface area contributed by atoms with Gasteiger partial charge in [0, 0.05) is 26.2 Å². The first kappa shape index (κ1) is 16.0. The minimum Gasteiger partial charge on any atom is -0.345 e. The predicted molar refractivity (Wildman–Crippen MR) is 85.4 cm³/mol. The molecule has 2 rings (SSSR count). The van der Waals surface area contributed by atoms with Crippen molar-refractivity contribution in [3.8, 4) is 0 Å². The molecule has 0 bridgehead atoms. The van der Waals surface area contributed by atoms with Gasteiger partial charge < -0.3 is 15.2 Å². The van der Waals surface area contributed by atoms with Crippen molar-refractivity contribution in [2.24, 2.45) is 0 Å². The molecule has 0 atom stereocenters. The Bertz CT molecular complexity index is 709. The average molecular weight is 321 g/mol. The SMILES string of the molecule is CCc1ncc(C(=O)Nc2ccc(C(=O)N(C)C)c(Cl)c2)[nH]1. The molecule has 2 N–H and O–H groups in total. The van der Waals surface area contributed by atoms with Crippen molar-refractivity contribution < 1.29 is 9.59 Å². The molecule has 0 saturated heterocycles. The molecule has 1 aromatic carbocycles. The van der Waals surface area contributed by atoms with Gasteiger partial charge in [0.05, 0.1) is 16.8 Å². The van der Waals surface area contributed by atoms with Crippen LogP contribution in [-0.4, -0.2) is 40.8 Å². The van der Waals surface area contributed by atoms with Gasteiger partial charge in [-0.15, -0.1) is 0 Å². The van der Waals surface area contributed by atoms with E-state index in [4.69, 9.17) is 11.6 Å². The summed E-state index contributed by atoms with van der Waals surface area (Å²) in [5.41, 5.74) is 1.28. The summed E-state index contributed by atoms with van der Waals surface area (Å²) in [4.78, 5) is 32.4. The van der Waals surface area contributed by atoms with Crippen molar-refractivity contribution >= 4 is 29.1 Å². The number of carbonyl (C=O) groups is 2. The van der Waals surface area contributed by atoms with Crippen LogP contribution in [0.5, 0.6) is 0 Å². The molecule has 0 saturated carbocycles. The highest BCUT2D eigenvalue weighted by Crippen LogP contribution is 2.22. The Morgan fingerprint density at radius 2 is 2.09 bits per heavy atom. The Balaban J connectivity index is 2.15. The van der Waals surface area contributed by atoms with Crippen molar-refractivity contribution in [1.82, 2.24) is 14.9 Å². The lowest BCUT2D eigenvalue weighted by atomic mass is 10.2. The van der Waals surface area contributed by atoms with Crippen LogP contribution in [0.1, 0.15) is 33.6 Å². The fraction of sp³-hybridized carbons (Fsp3) is 0.267. The van der Waals surface area contributed by atoms with Crippen LogP contribution in [0.3, 0.4) is 0 Å². The van der Waals surface area contributed by atoms with Gasteiger partial charge in [-0.2, -0.15) is 0 Å². The van der Waals surface area contributed by atoms with Crippen LogP contribution in [0.2, 0.25) is 5.02 Å². The number of anilines is 1. The number of benzene rings is 1. The molecule has 1 aromatic heterocycles. The Kier molecular flexibility index (Phi) is 4.82. The molecule has 0 spiro atoms. The number of aromatic nitrogens is 2. The van der Waals surface area contributed by atoms with Crippen LogP contribution in [0.4, 0.5) is 5.69 Å². The fourth-order valence-corrected chi connectivity index (χ4v) is 2.12. The second-order valence-electron chi connectivity index (χ2n) is 4.95. The summed E-state index contributed by atoms with van der Waals surface area (Å²) in [5.74, 6) is 0.245. The maximum Gasteiger partial charge on any atom is 0.273 e. The summed E-state index contributed by atoms with van der Waals surface area (Å²) in [6.45, 7) is 1.95. The van der Waals surface area contributed by atoms with Gasteiger partial charge >= 0.3 is 0 Å². The molecule has 7 heteroatoms. The molecular weight excluding hydrogens is 304 g/mol. The molecule has 2 amide bonds. The standard InChI is InChI=1S/C15H17ClN4O2/c1-4-13-17-8-12(19-13)14(21)18-9-5-6-10(11(16)7-9)15(22)20(2)3/h5-8H,4H2,1-3H3,(H,17,19)(H,18,21). The first-order valence-electron chi connectivity index (χ1n) is 6.78. The average Bonchev–Trinajstić information content (AvgIpc) is 2.95. The molecule has 0 aliphatic carbocycles. The molecule has 116 valence electrons. The van der Waals surface area contributed by atoms with Gasteiger partial charge in [0.15, 0.2) is 0 Å². The summed E-state index contributed by atoms with van der Waals surface area (Å²) in [7, 11) is 3.30. The number of carbonyl (C=O) groups excluding carboxylic acids is 2. The van der Waals surface area contributed by atoms with E-state index in [1.807, 2.05) is 6.92 Å². The van der Waals surface area contributed by atoms with Crippen molar-refractivity contribution in [3.63, 3.8) is 0 Å². The highest BCUT2D eigenvalue weighted by molar-refractivity contribution is 6.34. The smallest absolute Gasteiger partial charge is 0.273 e. The number of rotatable bonds is 4. The van der Waals surface area contributed by atoms with E-state index in [1.54, 1.807) is 32.3 Å². The van der Waals surface area contributed by atoms with Crippen LogP contribution < -0.4 is 5.32 Å². The zero-order chi connectivity index (χ0) is 16.3. The van der Waals surface area contributed by atoms with E-state index in [0.29, 0.717) is 16.9 Å². The topological polar surface area (TPSA) is 78.1 Å². The summed E-state index contributed by atoms with van der Waals surface area (Å²) in [6, 6.07) is 4.77. The van der Waals surface area contributed by atoms with E-state index in [2.05, 4.69) is 15.3 Å². The molecule has 0 aliphatic rings. The normalized spacial score (nSPS) is 10.4. The number of H-pyrrole nitrogens is 1. The lowest BCUT2D eigenvalue weighted by Crippen LogP contribution is -2.22. The number of aryl methyl sites for hydroxylation is 1. The first-order chi connectivity index (χ1) is 10.4. The number of hydrogen-bond acceptors (Lipinski definition) is 3. The second kappa shape index (κ2) is 6.62. The van der Waals surface area contributed by atoms with Crippen molar-refractivity contribution in [1.29, 1.82) is 0 Å². The number of aromatic amines is 1. The van der Waals surface area contributed by atoms with Crippen molar-refractivity contribution in [2.45, 2.75) is 13.3 Å². The number of nitrogens with zero attached hydrogens (tertiary/aromatic N) is 2. The van der Waals surface area contributed by atoms with Gasteiger partial charge in [-0.05, 0) is 18.2 Å². The molecule has 0 radical (unpaired) electrons. The fourth-order valence-electron chi connectivity index (χ4n) is 1.86. The van der Waals surface area contributed by atoms with Crippen LogP contribution in [-0.2, 0) is 6.42 Å². The second-order valence-corrected chi connectivity index (χ2v) is 5.35. The van der Waals surface area contributed by atoms with Gasteiger partial charge in [-0.3, -0.25) is 9.59 Å². The third-order valence-corrected chi connectivity index (χ3v) is 3.38. The van der Waals surface area contributed by atoms with Gasteiger partial charge in [0.2, 0.25) is 0 Å². The largest absolute Gasteiger partial charge is 0.345 e. The summed E-state index contributed by atoms with van der Waals surface area (Å²) in [5, 5.41) is 3.00. The summed E-state index contributed by atoms with van der Waals surface area (Å²) >= 11 is 6.11. The molecular formula is C15H17ClN4O2. The molecule has 6 nitrogen and oxygen atoms in total. The van der Waals surface area contributed by atoms with Gasteiger partial charge in [0.25, 0.3) is 11.8 Å². The molecule has 22 heavy (non-hydrogen) atoms. The number of amides is 2. The molecule has 0 aliphatic heterocycles. The minimum absolute atomic E-state index is 0.191. The maximum absolute atomic E-state index is 12.1. The highest BCUT2D eigenvalue weighted by atomic mass is 35.5. The van der Waals surface area contributed by atoms with Gasteiger partial charge in [-0.25, -0.2) is 4.98 Å². The Labute approximate surface area is 133 Å². The number of halogens is 1. The monoisotopic (exact) mass is 320 g/mol. The Morgan fingerprint density at radius 1 is 1.36 bits per heavy atom. The third kappa shape index (κ3) is 3.46. The van der Waals surface area contributed by atoms with E-state index >= 15 is 0 Å². The molecule has 0 fully saturated rings. The number of nitrogens with one attached hydrogen (secondary N) is 2. The first-order valence-corrected chi connectivity index (χ1v) is 7.16. The zero-order valence-corrected chi connectivity index (χ0v) is 13.4. The molecule has 0 unspecified atom stereocenters. The van der Waals surface area contributed by atoms with Crippen molar-refractivity contribution in [2.75, 3.05) is 19.4 Å². The summed E-state index contributed by atoms with van der Waals surface area (Å²) < 4.78 is 0. The van der Waals surface area contributed by atoms with Crippen molar-refractivity contribution in [3.05, 3.63) is 46.5 Å². The zero-order valence-electron chi connectivity index (χ0n) is 12.6. The van der Waals surface area contributed by atoms with E-state index in [1.165, 1.54) is 11.1 Å². The molecule has 2 aromatic rings. The van der Waals surface area contributed by atoms with Gasteiger partial charge in [-0.1, -0.05) is 18.5 Å². The van der Waals surface area contributed by atoms with Crippen LogP contribution in [0.15, 0.2) is 24.4 Å². The van der Waals surface area contributed by atoms with Gasteiger partial charge in [0.1, 0.15) is 11.5 Å². The molecule has 1 heterocycles. The lowest BCUT2D eigenvalue weighted by molar-refractivity contribution is 0.0827.